The molecule has 0 aliphatic rings. The second-order valence-corrected chi connectivity index (χ2v) is 5.68. The van der Waals surface area contributed by atoms with Crippen molar-refractivity contribution in [2.24, 2.45) is 5.10 Å². The first-order valence-corrected chi connectivity index (χ1v) is 8.60. The Morgan fingerprint density at radius 3 is 2.59 bits per heavy atom. The number of nitrogens with zero attached hydrogens (tertiary/aromatic N) is 3. The molecule has 1 heterocycles. The van der Waals surface area contributed by atoms with Gasteiger partial charge in [0.1, 0.15) is 17.2 Å². The summed E-state index contributed by atoms with van der Waals surface area (Å²) in [4.78, 5) is 20.8. The molecule has 0 spiro atoms. The molecule has 0 aliphatic carbocycles. The van der Waals surface area contributed by atoms with E-state index in [-0.39, 0.29) is 5.91 Å². The van der Waals surface area contributed by atoms with Crippen molar-refractivity contribution < 1.29 is 14.3 Å². The largest absolute Gasteiger partial charge is 0.494 e. The summed E-state index contributed by atoms with van der Waals surface area (Å²) in [6, 6.07) is 14.6. The zero-order valence-electron chi connectivity index (χ0n) is 15.1. The molecule has 0 aliphatic heterocycles. The maximum absolute atomic E-state index is 12.1. The number of amides is 1. The predicted octanol–water partition coefficient (Wildman–Crippen LogP) is 2.95. The lowest BCUT2D eigenvalue weighted by atomic mass is 10.3. The molecule has 0 saturated heterocycles. The Hall–Kier alpha value is -3.48. The van der Waals surface area contributed by atoms with Crippen LogP contribution in [0.4, 0.5) is 0 Å². The molecule has 7 heteroatoms. The van der Waals surface area contributed by atoms with E-state index in [0.29, 0.717) is 18.1 Å². The van der Waals surface area contributed by atoms with Crippen LogP contribution >= 0.6 is 0 Å². The topological polar surface area (TPSA) is 85.7 Å². The zero-order chi connectivity index (χ0) is 19.1. The number of carbonyl (C=O) groups excluding carboxylic acids is 1. The number of nitrogens with one attached hydrogen (secondary N) is 1. The Labute approximate surface area is 157 Å². The molecule has 0 fully saturated rings. The van der Waals surface area contributed by atoms with Gasteiger partial charge in [0.2, 0.25) is 0 Å². The monoisotopic (exact) mass is 364 g/mol. The van der Waals surface area contributed by atoms with Crippen molar-refractivity contribution in [3.63, 3.8) is 0 Å². The van der Waals surface area contributed by atoms with Crippen LogP contribution in [0, 0.1) is 0 Å². The van der Waals surface area contributed by atoms with E-state index in [2.05, 4.69) is 20.5 Å². The van der Waals surface area contributed by atoms with Crippen LogP contribution in [0.5, 0.6) is 11.5 Å². The van der Waals surface area contributed by atoms with Crippen LogP contribution in [-0.2, 0) is 4.79 Å². The van der Waals surface area contributed by atoms with Gasteiger partial charge in [-0.15, -0.1) is 0 Å². The van der Waals surface area contributed by atoms with E-state index in [0.717, 1.165) is 16.8 Å². The standard InChI is InChI=1S/C20H20N4O3/c1-3-26-16-8-10-17(11-9-16)27-14(2)20(25)24-22-13-15-12-21-18-6-4-5-7-19(18)23-15/h4-14H,3H2,1-2H3,(H,24,25)/b22-13-/t14-/m1/s1. The van der Waals surface area contributed by atoms with E-state index in [4.69, 9.17) is 9.47 Å². The number of hydrogen-bond acceptors (Lipinski definition) is 6. The van der Waals surface area contributed by atoms with Crippen LogP contribution in [0.15, 0.2) is 59.8 Å². The normalized spacial score (nSPS) is 12.1. The van der Waals surface area contributed by atoms with E-state index in [1.807, 2.05) is 31.2 Å². The van der Waals surface area contributed by atoms with Gasteiger partial charge in [0.05, 0.1) is 30.1 Å². The van der Waals surface area contributed by atoms with Gasteiger partial charge in [-0.1, -0.05) is 12.1 Å². The minimum Gasteiger partial charge on any atom is -0.494 e. The van der Waals surface area contributed by atoms with Crippen LogP contribution < -0.4 is 14.9 Å². The molecule has 3 aromatic rings. The number of para-hydroxylation sites is 2. The average molecular weight is 364 g/mol. The molecule has 1 aromatic heterocycles. The molecule has 0 unspecified atom stereocenters. The lowest BCUT2D eigenvalue weighted by Gasteiger charge is -2.13. The fourth-order valence-corrected chi connectivity index (χ4v) is 2.33. The summed E-state index contributed by atoms with van der Waals surface area (Å²) >= 11 is 0. The van der Waals surface area contributed by atoms with Crippen LogP contribution in [0.2, 0.25) is 0 Å². The third kappa shape index (κ3) is 5.01. The summed E-state index contributed by atoms with van der Waals surface area (Å²) in [5, 5.41) is 3.92. The van der Waals surface area contributed by atoms with Gasteiger partial charge in [-0.3, -0.25) is 9.78 Å². The summed E-state index contributed by atoms with van der Waals surface area (Å²) in [6.45, 7) is 4.16. The van der Waals surface area contributed by atoms with Gasteiger partial charge in [-0.05, 0) is 50.2 Å². The van der Waals surface area contributed by atoms with E-state index in [1.165, 1.54) is 6.21 Å². The molecule has 27 heavy (non-hydrogen) atoms. The smallest absolute Gasteiger partial charge is 0.280 e. The first kappa shape index (κ1) is 18.3. The van der Waals surface area contributed by atoms with Crippen molar-refractivity contribution >= 4 is 23.2 Å². The van der Waals surface area contributed by atoms with Crippen molar-refractivity contribution in [3.8, 4) is 11.5 Å². The number of rotatable bonds is 7. The van der Waals surface area contributed by atoms with Crippen molar-refractivity contribution in [3.05, 3.63) is 60.4 Å². The fraction of sp³-hybridized carbons (Fsp3) is 0.200. The van der Waals surface area contributed by atoms with Crippen LogP contribution in [0.3, 0.4) is 0 Å². The highest BCUT2D eigenvalue weighted by Gasteiger charge is 2.14. The number of carbonyl (C=O) groups is 1. The first-order valence-electron chi connectivity index (χ1n) is 8.60. The number of ether oxygens (including phenoxy) is 2. The number of benzene rings is 2. The Bertz CT molecular complexity index is 941. The second-order valence-electron chi connectivity index (χ2n) is 5.68. The van der Waals surface area contributed by atoms with Gasteiger partial charge < -0.3 is 9.47 Å². The Morgan fingerprint density at radius 2 is 1.85 bits per heavy atom. The summed E-state index contributed by atoms with van der Waals surface area (Å²) in [5.41, 5.74) is 4.56. The minimum absolute atomic E-state index is 0.367. The quantitative estimate of drug-likeness (QED) is 0.515. The second kappa shape index (κ2) is 8.75. The minimum atomic E-state index is -0.706. The number of hydrogen-bond donors (Lipinski definition) is 1. The molecule has 1 amide bonds. The molecule has 2 aromatic carbocycles. The highest BCUT2D eigenvalue weighted by atomic mass is 16.5. The van der Waals surface area contributed by atoms with Gasteiger partial charge in [0.15, 0.2) is 6.10 Å². The lowest BCUT2D eigenvalue weighted by molar-refractivity contribution is -0.127. The maximum Gasteiger partial charge on any atom is 0.280 e. The average Bonchev–Trinajstić information content (AvgIpc) is 2.69. The Morgan fingerprint density at radius 1 is 1.15 bits per heavy atom. The molecule has 7 nitrogen and oxygen atoms in total. The van der Waals surface area contributed by atoms with Gasteiger partial charge in [-0.2, -0.15) is 5.10 Å². The number of hydrazone groups is 1. The van der Waals surface area contributed by atoms with Gasteiger partial charge in [0, 0.05) is 0 Å². The first-order chi connectivity index (χ1) is 13.2. The zero-order valence-corrected chi connectivity index (χ0v) is 15.1. The SMILES string of the molecule is CCOc1ccc(O[C@H](C)C(=O)N/N=C\c2cnc3ccccc3n2)cc1. The van der Waals surface area contributed by atoms with Crippen LogP contribution in [-0.4, -0.2) is 34.8 Å². The Kier molecular flexibility index (Phi) is 5.94. The van der Waals surface area contributed by atoms with Crippen molar-refractivity contribution in [2.75, 3.05) is 6.61 Å². The summed E-state index contributed by atoms with van der Waals surface area (Å²) in [5.74, 6) is 0.961. The molecule has 138 valence electrons. The molecule has 0 bridgehead atoms. The third-order valence-corrected chi connectivity index (χ3v) is 3.66. The fourth-order valence-electron chi connectivity index (χ4n) is 2.33. The molecule has 0 saturated carbocycles. The molecule has 0 radical (unpaired) electrons. The Balaban J connectivity index is 1.54. The van der Waals surface area contributed by atoms with Crippen LogP contribution in [0.1, 0.15) is 19.5 Å². The highest BCUT2D eigenvalue weighted by Crippen LogP contribution is 2.18. The van der Waals surface area contributed by atoms with Gasteiger partial charge in [0.25, 0.3) is 5.91 Å². The molecular formula is C20H20N4O3. The van der Waals surface area contributed by atoms with Gasteiger partial charge in [-0.25, -0.2) is 10.4 Å². The van der Waals surface area contributed by atoms with Crippen molar-refractivity contribution in [1.82, 2.24) is 15.4 Å². The highest BCUT2D eigenvalue weighted by molar-refractivity contribution is 5.85. The van der Waals surface area contributed by atoms with Crippen molar-refractivity contribution in [2.45, 2.75) is 20.0 Å². The van der Waals surface area contributed by atoms with Gasteiger partial charge >= 0.3 is 0 Å². The van der Waals surface area contributed by atoms with Crippen LogP contribution in [0.25, 0.3) is 11.0 Å². The predicted molar refractivity (Wildman–Crippen MR) is 103 cm³/mol. The van der Waals surface area contributed by atoms with Crippen molar-refractivity contribution in [1.29, 1.82) is 0 Å². The molecule has 1 atom stereocenters. The lowest BCUT2D eigenvalue weighted by Crippen LogP contribution is -2.33. The number of aromatic nitrogens is 2. The summed E-state index contributed by atoms with van der Waals surface area (Å²) in [6.07, 6.45) is 2.33. The van der Waals surface area contributed by atoms with E-state index in [9.17, 15) is 4.79 Å². The summed E-state index contributed by atoms with van der Waals surface area (Å²) < 4.78 is 11.0. The molecule has 1 N–H and O–H groups in total. The van der Waals surface area contributed by atoms with E-state index in [1.54, 1.807) is 37.4 Å². The number of fused-ring (bicyclic) bond motifs is 1. The summed E-state index contributed by atoms with van der Waals surface area (Å²) in [7, 11) is 0. The third-order valence-electron chi connectivity index (χ3n) is 3.66. The molecular weight excluding hydrogens is 344 g/mol. The molecule has 3 rings (SSSR count). The maximum atomic E-state index is 12.1. The van der Waals surface area contributed by atoms with E-state index < -0.39 is 6.10 Å². The van der Waals surface area contributed by atoms with E-state index >= 15 is 0 Å².